The average Bonchev–Trinajstić information content (AvgIpc) is 3.28. The first-order chi connectivity index (χ1) is 31.8. The molecule has 8 N–H and O–H groups in total. The molecule has 0 aliphatic carbocycles. The summed E-state index contributed by atoms with van der Waals surface area (Å²) in [5, 5.41) is 17.2. The zero-order valence-corrected chi connectivity index (χ0v) is 43.2. The molecule has 0 spiro atoms. The number of likely N-dealkylation sites (N-methyl/N-ethyl adjacent to an activating group) is 4. The minimum atomic E-state index is -2.98. The number of carbonyl (C=O) groups excluding carboxylic acids is 6. The number of hydrogen-bond donors (Lipinski definition) is 8. The maximum absolute atomic E-state index is 12.9. The predicted molar refractivity (Wildman–Crippen MR) is 265 cm³/mol. The molecule has 1 aliphatic rings. The van der Waals surface area contributed by atoms with Crippen LogP contribution in [0.25, 0.3) is 0 Å². The average molecular weight is 1010 g/mol. The standard InChI is InChI=1S/C46H83AsN10O8S/c1-6-48-46(63)40(35-66-36-45(62)52-39-21-19-38(20-22-39)47(64)65)53-43(60)23-18-37(5)51-42(59)17-13-11-14-24-49-41(58)16-12-10-15-25-50-44(61)34-57-32-30-55(8-3)28-26-54(7-2)27-29-56(9-4)31-33-57/h19-22,37,40,64-65H,6-18,23-36H2,1-5H3,(H,48,63)(H,49,58)(H,50,61)(H,51,59)(H,52,62)(H,53,60)/t37-,40+/m1/s1. The van der Waals surface area contributed by atoms with Gasteiger partial charge in [0.1, 0.15) is 0 Å². The van der Waals surface area contributed by atoms with Crippen LogP contribution in [0.1, 0.15) is 98.8 Å². The number of thioether (sulfide) groups is 1. The Labute approximate surface area is 404 Å². The van der Waals surface area contributed by atoms with Gasteiger partial charge in [0.05, 0.1) is 6.54 Å². The van der Waals surface area contributed by atoms with Gasteiger partial charge in [-0.25, -0.2) is 0 Å². The van der Waals surface area contributed by atoms with E-state index >= 15 is 0 Å². The zero-order chi connectivity index (χ0) is 48.5. The molecule has 2 rings (SSSR count). The van der Waals surface area contributed by atoms with E-state index in [2.05, 4.69) is 72.3 Å². The van der Waals surface area contributed by atoms with Crippen LogP contribution in [0.4, 0.5) is 5.69 Å². The van der Waals surface area contributed by atoms with E-state index in [1.54, 1.807) is 31.2 Å². The molecule has 1 heterocycles. The van der Waals surface area contributed by atoms with Gasteiger partial charge in [-0.2, -0.15) is 0 Å². The quantitative estimate of drug-likeness (QED) is 0.0391. The van der Waals surface area contributed by atoms with E-state index in [4.69, 9.17) is 0 Å². The van der Waals surface area contributed by atoms with Gasteiger partial charge in [0.2, 0.25) is 17.7 Å². The Morgan fingerprint density at radius 2 is 1.11 bits per heavy atom. The molecule has 20 heteroatoms. The summed E-state index contributed by atoms with van der Waals surface area (Å²) in [6.45, 7) is 23.2. The normalized spacial score (nSPS) is 15.8. The molecule has 376 valence electrons. The van der Waals surface area contributed by atoms with Crippen LogP contribution in [0.3, 0.4) is 0 Å². The van der Waals surface area contributed by atoms with E-state index in [1.807, 2.05) is 6.92 Å². The van der Waals surface area contributed by atoms with E-state index in [-0.39, 0.29) is 59.4 Å². The van der Waals surface area contributed by atoms with Crippen LogP contribution < -0.4 is 36.3 Å². The second-order valence-electron chi connectivity index (χ2n) is 16.8. The van der Waals surface area contributed by atoms with Crippen molar-refractivity contribution in [3.05, 3.63) is 24.3 Å². The van der Waals surface area contributed by atoms with Gasteiger partial charge >= 0.3 is 130 Å². The van der Waals surface area contributed by atoms with Gasteiger partial charge in [-0.15, -0.1) is 0 Å². The van der Waals surface area contributed by atoms with E-state index < -0.39 is 21.4 Å². The number of carbonyl (C=O) groups is 6. The Balaban J connectivity index is 1.54. The minimum Gasteiger partial charge on any atom is -0.356 e. The molecule has 0 bridgehead atoms. The molecule has 66 heavy (non-hydrogen) atoms. The van der Waals surface area contributed by atoms with E-state index in [1.165, 1.54) is 11.8 Å². The number of benzene rings is 1. The van der Waals surface area contributed by atoms with E-state index in [9.17, 15) is 37.0 Å². The van der Waals surface area contributed by atoms with Crippen LogP contribution in [0, 0.1) is 0 Å². The summed E-state index contributed by atoms with van der Waals surface area (Å²) in [6, 6.07) is 5.20. The summed E-state index contributed by atoms with van der Waals surface area (Å²) in [5.74, 6) is -0.790. The number of unbranched alkanes of at least 4 members (excludes halogenated alkanes) is 4. The molecule has 0 radical (unpaired) electrons. The number of amides is 6. The third kappa shape index (κ3) is 27.5. The summed E-state index contributed by atoms with van der Waals surface area (Å²) in [5.41, 5.74) is 0.510. The molecule has 1 fully saturated rings. The van der Waals surface area contributed by atoms with Crippen molar-refractivity contribution in [2.45, 2.75) is 111 Å². The van der Waals surface area contributed by atoms with E-state index in [0.717, 1.165) is 104 Å². The van der Waals surface area contributed by atoms with Crippen molar-refractivity contribution in [2.24, 2.45) is 0 Å². The summed E-state index contributed by atoms with van der Waals surface area (Å²) >= 11 is -1.78. The van der Waals surface area contributed by atoms with Gasteiger partial charge in [0.15, 0.2) is 0 Å². The summed E-state index contributed by atoms with van der Waals surface area (Å²) in [7, 11) is 0. The monoisotopic (exact) mass is 1010 g/mol. The van der Waals surface area contributed by atoms with Gasteiger partial charge in [0.25, 0.3) is 0 Å². The van der Waals surface area contributed by atoms with Gasteiger partial charge in [-0.1, -0.05) is 33.6 Å². The summed E-state index contributed by atoms with van der Waals surface area (Å²) < 4.78 is 19.2. The Kier molecular flexibility index (Phi) is 31.9. The Morgan fingerprint density at radius 3 is 1.62 bits per heavy atom. The summed E-state index contributed by atoms with van der Waals surface area (Å²) in [4.78, 5) is 85.4. The minimum absolute atomic E-state index is 0.0141. The Morgan fingerprint density at radius 1 is 0.606 bits per heavy atom. The van der Waals surface area contributed by atoms with Crippen LogP contribution in [0.5, 0.6) is 0 Å². The van der Waals surface area contributed by atoms with Crippen molar-refractivity contribution in [3.63, 3.8) is 0 Å². The SMILES string of the molecule is CCNC(=O)[C@H](CSCC(=O)Nc1ccc([As](O)O)cc1)NC(=O)CC[C@@H](C)NC(=O)CCCCCNC(=O)CCCCCNC(=O)CN1CCN(CC)CCN(CC)CCN(CC)CC1. The molecule has 0 unspecified atom stereocenters. The molecule has 18 nitrogen and oxygen atoms in total. The smallest absolute Gasteiger partial charge is 0.356 e. The zero-order valence-electron chi connectivity index (χ0n) is 40.5. The first kappa shape index (κ1) is 58.8. The van der Waals surface area contributed by atoms with Gasteiger partial charge in [-0.3, -0.25) is 24.1 Å². The Hall–Kier alpha value is -3.29. The molecule has 0 saturated carbocycles. The molecule has 1 aromatic carbocycles. The fourth-order valence-corrected chi connectivity index (χ4v) is 9.04. The molecule has 1 aliphatic heterocycles. The van der Waals surface area contributed by atoms with Gasteiger partial charge < -0.3 is 30.7 Å². The maximum atomic E-state index is 12.9. The second kappa shape index (κ2) is 35.8. The molecular formula is C46H83AsN10O8S. The van der Waals surface area contributed by atoms with Crippen LogP contribution in [0.15, 0.2) is 24.3 Å². The summed E-state index contributed by atoms with van der Waals surface area (Å²) in [6.07, 6.45) is 5.96. The molecule has 1 aromatic rings. The number of anilines is 1. The van der Waals surface area contributed by atoms with Crippen molar-refractivity contribution in [3.8, 4) is 0 Å². The fourth-order valence-electron chi connectivity index (χ4n) is 7.32. The van der Waals surface area contributed by atoms with Crippen molar-refractivity contribution in [1.29, 1.82) is 0 Å². The second-order valence-corrected chi connectivity index (χ2v) is 20.1. The molecule has 6 amide bonds. The van der Waals surface area contributed by atoms with Crippen LogP contribution in [-0.4, -0.2) is 200 Å². The van der Waals surface area contributed by atoms with Crippen LogP contribution >= 0.6 is 11.8 Å². The van der Waals surface area contributed by atoms with Gasteiger partial charge in [-0.05, 0) is 65.6 Å². The number of nitrogens with zero attached hydrogens (tertiary/aromatic N) is 4. The predicted octanol–water partition coefficient (Wildman–Crippen LogP) is 0.578. The number of hydrogen-bond acceptors (Lipinski definition) is 13. The Bertz CT molecular complexity index is 1550. The van der Waals surface area contributed by atoms with Gasteiger partial charge in [0, 0.05) is 97.3 Å². The van der Waals surface area contributed by atoms with E-state index in [0.29, 0.717) is 61.9 Å². The van der Waals surface area contributed by atoms with Crippen LogP contribution in [0.2, 0.25) is 0 Å². The molecule has 1 saturated heterocycles. The van der Waals surface area contributed by atoms with Crippen LogP contribution in [-0.2, 0) is 28.8 Å². The third-order valence-corrected chi connectivity index (χ3v) is 14.2. The fraction of sp³-hybridized carbons (Fsp3) is 0.739. The first-order valence-corrected chi connectivity index (χ1v) is 28.0. The van der Waals surface area contributed by atoms with Crippen molar-refractivity contribution < 1.29 is 37.0 Å². The topological polar surface area (TPSA) is 228 Å². The van der Waals surface area contributed by atoms with Crippen molar-refractivity contribution >= 4 is 72.6 Å². The third-order valence-electron chi connectivity index (χ3n) is 11.6. The van der Waals surface area contributed by atoms with Crippen molar-refractivity contribution in [1.82, 2.24) is 46.2 Å². The molecule has 0 aromatic heterocycles. The number of rotatable bonds is 30. The number of nitrogens with one attached hydrogen (secondary N) is 6. The molecular weight excluding hydrogens is 928 g/mol. The van der Waals surface area contributed by atoms with Crippen molar-refractivity contribution in [2.75, 3.05) is 115 Å². The molecule has 2 atom stereocenters. The first-order valence-electron chi connectivity index (χ1n) is 24.2.